The molecule has 3 N–H and O–H groups in total. The Bertz CT molecular complexity index is 1250. The lowest BCUT2D eigenvalue weighted by Gasteiger charge is -2.12. The third-order valence-corrected chi connectivity index (χ3v) is 5.63. The van der Waals surface area contributed by atoms with E-state index in [2.05, 4.69) is 25.8 Å². The van der Waals surface area contributed by atoms with Crippen molar-refractivity contribution in [3.05, 3.63) is 58.5 Å². The molecule has 0 unspecified atom stereocenters. The normalized spacial score (nSPS) is 11.1. The number of amides is 3. The van der Waals surface area contributed by atoms with Gasteiger partial charge >= 0.3 is 6.03 Å². The Morgan fingerprint density at radius 2 is 1.61 bits per heavy atom. The summed E-state index contributed by atoms with van der Waals surface area (Å²) in [4.78, 5) is 32.6. The molecule has 2 aromatic heterocycles. The van der Waals surface area contributed by atoms with Gasteiger partial charge in [-0.3, -0.25) is 15.4 Å². The fraction of sp³-hybridized carbons (Fsp3) is 0.211. The van der Waals surface area contributed by atoms with Gasteiger partial charge in [-0.25, -0.2) is 27.9 Å². The Labute approximate surface area is 178 Å². The van der Waals surface area contributed by atoms with Crippen LogP contribution in [0.4, 0.5) is 16.6 Å². The molecular weight excluding hydrogens is 424 g/mol. The molecule has 0 fully saturated rings. The van der Waals surface area contributed by atoms with Crippen molar-refractivity contribution in [2.75, 3.05) is 10.6 Å². The lowest BCUT2D eigenvalue weighted by Crippen LogP contribution is -2.36. The van der Waals surface area contributed by atoms with E-state index in [1.165, 1.54) is 24.3 Å². The predicted octanol–water partition coefficient (Wildman–Crippen LogP) is 2.46. The first kappa shape index (κ1) is 21.9. The third-order valence-electron chi connectivity index (χ3n) is 4.24. The van der Waals surface area contributed by atoms with Crippen LogP contribution in [0.15, 0.2) is 39.8 Å². The van der Waals surface area contributed by atoms with Crippen LogP contribution in [0, 0.1) is 27.7 Å². The fourth-order valence-electron chi connectivity index (χ4n) is 2.68. The molecule has 0 saturated carbocycles. The number of anilines is 2. The number of carbonyl (C=O) groups is 2. The maximum Gasteiger partial charge on any atom is 0.335 e. The Morgan fingerprint density at radius 3 is 2.23 bits per heavy atom. The molecule has 12 heteroatoms. The predicted molar refractivity (Wildman–Crippen MR) is 111 cm³/mol. The van der Waals surface area contributed by atoms with E-state index in [1.807, 2.05) is 4.72 Å². The molecule has 0 radical (unpaired) electrons. The van der Waals surface area contributed by atoms with E-state index in [1.54, 1.807) is 33.8 Å². The number of sulfonamides is 1. The van der Waals surface area contributed by atoms with Gasteiger partial charge in [0.1, 0.15) is 4.90 Å². The number of carbonyl (C=O) groups excluding carboxylic acids is 2. The lowest BCUT2D eigenvalue weighted by atomic mass is 10.2. The maximum atomic E-state index is 12.8. The average Bonchev–Trinajstić information content (AvgIpc) is 2.98. The monoisotopic (exact) mass is 444 g/mol. The molecule has 0 aliphatic rings. The average molecular weight is 444 g/mol. The number of hydrogen-bond donors (Lipinski definition) is 3. The minimum absolute atomic E-state index is 0.0487. The summed E-state index contributed by atoms with van der Waals surface area (Å²) in [7, 11) is -4.40. The second kappa shape index (κ2) is 8.52. The second-order valence-corrected chi connectivity index (χ2v) is 8.36. The Kier molecular flexibility index (Phi) is 6.02. The first-order valence-corrected chi connectivity index (χ1v) is 10.5. The molecule has 31 heavy (non-hydrogen) atoms. The molecule has 0 saturated heterocycles. The number of nitrogens with one attached hydrogen (secondary N) is 3. The standard InChI is InChI=1S/C19H20N6O5S/c1-10-9-11(2)21-18(20-10)23-19(27)25-31(28,29)15-8-6-5-7-14(15)16(26)22-17-12(3)13(4)24-30-17/h5-9H,1-4H3,(H,22,26)(H2,20,21,23,25,27). The number of hydrogen-bond acceptors (Lipinski definition) is 8. The smallest absolute Gasteiger partial charge is 0.335 e. The van der Waals surface area contributed by atoms with Gasteiger partial charge in [0, 0.05) is 17.0 Å². The van der Waals surface area contributed by atoms with Crippen LogP contribution in [0.25, 0.3) is 0 Å². The molecule has 0 atom stereocenters. The summed E-state index contributed by atoms with van der Waals surface area (Å²) in [6, 6.07) is 6.08. The van der Waals surface area contributed by atoms with E-state index in [-0.39, 0.29) is 17.4 Å². The molecule has 1 aromatic carbocycles. The largest absolute Gasteiger partial charge is 0.338 e. The molecule has 0 aliphatic carbocycles. The summed E-state index contributed by atoms with van der Waals surface area (Å²) in [6.07, 6.45) is 0. The van der Waals surface area contributed by atoms with Crippen LogP contribution in [0.2, 0.25) is 0 Å². The molecule has 3 rings (SSSR count). The van der Waals surface area contributed by atoms with Crippen molar-refractivity contribution < 1.29 is 22.5 Å². The second-order valence-electron chi connectivity index (χ2n) is 6.71. The van der Waals surface area contributed by atoms with Crippen molar-refractivity contribution in [1.82, 2.24) is 19.8 Å². The number of aromatic nitrogens is 3. The molecule has 3 aromatic rings. The Balaban J connectivity index is 1.82. The van der Waals surface area contributed by atoms with Gasteiger partial charge in [0.25, 0.3) is 15.9 Å². The van der Waals surface area contributed by atoms with Crippen LogP contribution in [0.5, 0.6) is 0 Å². The van der Waals surface area contributed by atoms with Gasteiger partial charge < -0.3 is 4.52 Å². The zero-order valence-corrected chi connectivity index (χ0v) is 18.0. The fourth-order valence-corrected chi connectivity index (χ4v) is 3.79. The SMILES string of the molecule is Cc1cc(C)nc(NC(=O)NS(=O)(=O)c2ccccc2C(=O)Nc2onc(C)c2C)n1. The van der Waals surface area contributed by atoms with Gasteiger partial charge in [-0.2, -0.15) is 0 Å². The minimum Gasteiger partial charge on any atom is -0.338 e. The van der Waals surface area contributed by atoms with Crippen LogP contribution in [-0.4, -0.2) is 35.5 Å². The molecule has 3 amide bonds. The van der Waals surface area contributed by atoms with Crippen LogP contribution in [-0.2, 0) is 10.0 Å². The molecule has 11 nitrogen and oxygen atoms in total. The van der Waals surface area contributed by atoms with E-state index < -0.39 is 26.9 Å². The summed E-state index contributed by atoms with van der Waals surface area (Å²) in [5.41, 5.74) is 2.22. The van der Waals surface area contributed by atoms with Crippen molar-refractivity contribution in [3.8, 4) is 0 Å². The topological polar surface area (TPSA) is 156 Å². The first-order chi connectivity index (χ1) is 14.6. The maximum absolute atomic E-state index is 12.8. The molecule has 0 aliphatic heterocycles. The van der Waals surface area contributed by atoms with E-state index in [0.717, 1.165) is 0 Å². The summed E-state index contributed by atoms with van der Waals surface area (Å²) in [6.45, 7) is 6.82. The van der Waals surface area contributed by atoms with Crippen molar-refractivity contribution in [3.63, 3.8) is 0 Å². The van der Waals surface area contributed by atoms with Crippen LogP contribution in [0.1, 0.15) is 33.0 Å². The van der Waals surface area contributed by atoms with Crippen LogP contribution < -0.4 is 15.4 Å². The van der Waals surface area contributed by atoms with E-state index in [4.69, 9.17) is 4.52 Å². The minimum atomic E-state index is -4.40. The number of nitrogens with zero attached hydrogens (tertiary/aromatic N) is 3. The zero-order valence-electron chi connectivity index (χ0n) is 17.2. The number of rotatable bonds is 5. The highest BCUT2D eigenvalue weighted by atomic mass is 32.2. The van der Waals surface area contributed by atoms with Crippen molar-refractivity contribution >= 4 is 33.8 Å². The number of urea groups is 1. The van der Waals surface area contributed by atoms with Crippen molar-refractivity contribution in [2.45, 2.75) is 32.6 Å². The first-order valence-electron chi connectivity index (χ1n) is 9.06. The highest BCUT2D eigenvalue weighted by molar-refractivity contribution is 7.90. The summed E-state index contributed by atoms with van der Waals surface area (Å²) >= 11 is 0. The lowest BCUT2D eigenvalue weighted by molar-refractivity contribution is 0.102. The van der Waals surface area contributed by atoms with E-state index in [9.17, 15) is 18.0 Å². The highest BCUT2D eigenvalue weighted by Crippen LogP contribution is 2.21. The Morgan fingerprint density at radius 1 is 0.968 bits per heavy atom. The molecule has 2 heterocycles. The molecule has 0 spiro atoms. The van der Waals surface area contributed by atoms with Gasteiger partial charge in [0.2, 0.25) is 11.8 Å². The van der Waals surface area contributed by atoms with Gasteiger partial charge in [-0.15, -0.1) is 0 Å². The molecule has 0 bridgehead atoms. The van der Waals surface area contributed by atoms with E-state index >= 15 is 0 Å². The zero-order chi connectivity index (χ0) is 22.8. The summed E-state index contributed by atoms with van der Waals surface area (Å²) < 4.78 is 32.5. The highest BCUT2D eigenvalue weighted by Gasteiger charge is 2.25. The number of aryl methyl sites for hydroxylation is 3. The van der Waals surface area contributed by atoms with Gasteiger partial charge in [0.05, 0.1) is 11.3 Å². The van der Waals surface area contributed by atoms with Gasteiger partial charge in [-0.05, 0) is 45.9 Å². The van der Waals surface area contributed by atoms with Crippen LogP contribution >= 0.6 is 0 Å². The molecule has 162 valence electrons. The third kappa shape index (κ3) is 5.04. The summed E-state index contributed by atoms with van der Waals surface area (Å²) in [5, 5.41) is 8.50. The van der Waals surface area contributed by atoms with E-state index in [0.29, 0.717) is 22.6 Å². The van der Waals surface area contributed by atoms with Gasteiger partial charge in [0.15, 0.2) is 0 Å². The van der Waals surface area contributed by atoms with Gasteiger partial charge in [-0.1, -0.05) is 17.3 Å². The Hall–Kier alpha value is -3.80. The summed E-state index contributed by atoms with van der Waals surface area (Å²) in [5.74, 6) is -0.682. The van der Waals surface area contributed by atoms with Crippen LogP contribution in [0.3, 0.4) is 0 Å². The van der Waals surface area contributed by atoms with Crippen molar-refractivity contribution in [1.29, 1.82) is 0 Å². The molecular formula is C19H20N6O5S. The van der Waals surface area contributed by atoms with Crippen molar-refractivity contribution in [2.24, 2.45) is 0 Å². The number of benzene rings is 1. The quantitative estimate of drug-likeness (QED) is 0.542.